The van der Waals surface area contributed by atoms with Gasteiger partial charge in [0.15, 0.2) is 0 Å². The molecule has 74 heavy (non-hydrogen) atoms. The second kappa shape index (κ2) is 64.3. The molecule has 4 nitrogen and oxygen atoms in total. The number of carbonyl (C=O) groups is 1. The van der Waals surface area contributed by atoms with Crippen LogP contribution in [0.4, 0.5) is 0 Å². The van der Waals surface area contributed by atoms with Crippen LogP contribution in [0.1, 0.15) is 309 Å². The minimum atomic E-state index is -0.678. The van der Waals surface area contributed by atoms with Crippen LogP contribution in [0.3, 0.4) is 0 Å². The van der Waals surface area contributed by atoms with E-state index < -0.39 is 12.1 Å². The molecule has 0 saturated carbocycles. The van der Waals surface area contributed by atoms with Gasteiger partial charge in [-0.05, 0) is 83.5 Å². The van der Waals surface area contributed by atoms with Crippen LogP contribution >= 0.6 is 0 Å². The second-order valence-electron chi connectivity index (χ2n) is 21.5. The number of hydrogen-bond donors (Lipinski definition) is 3. The number of carbonyl (C=O) groups excluding carboxylic acids is 1. The number of amides is 1. The predicted octanol–water partition coefficient (Wildman–Crippen LogP) is 21.8. The maximum Gasteiger partial charge on any atom is 0.220 e. The Bertz CT molecular complexity index is 1400. The molecule has 2 unspecified atom stereocenters. The van der Waals surface area contributed by atoms with Crippen LogP contribution < -0.4 is 5.32 Å². The van der Waals surface area contributed by atoms with Crippen LogP contribution in [-0.2, 0) is 4.79 Å². The van der Waals surface area contributed by atoms with E-state index in [-0.39, 0.29) is 12.5 Å². The number of nitrogens with one attached hydrogen (secondary N) is 1. The van der Waals surface area contributed by atoms with Crippen molar-refractivity contribution in [3.05, 3.63) is 109 Å². The topological polar surface area (TPSA) is 69.6 Å². The molecule has 0 saturated heterocycles. The predicted molar refractivity (Wildman–Crippen MR) is 331 cm³/mol. The van der Waals surface area contributed by atoms with Gasteiger partial charge in [-0.2, -0.15) is 0 Å². The van der Waals surface area contributed by atoms with E-state index in [1.54, 1.807) is 0 Å². The molecule has 0 heterocycles. The number of aliphatic hydroxyl groups excluding tert-OH is 2. The minimum Gasteiger partial charge on any atom is -0.394 e. The van der Waals surface area contributed by atoms with E-state index in [4.69, 9.17) is 0 Å². The average molecular weight is 1030 g/mol. The van der Waals surface area contributed by atoms with E-state index in [2.05, 4.69) is 129 Å². The molecule has 0 aliphatic rings. The third-order valence-electron chi connectivity index (χ3n) is 14.3. The van der Waals surface area contributed by atoms with Crippen molar-refractivity contribution in [1.29, 1.82) is 0 Å². The molecular formula is C70H123NO3. The fourth-order valence-corrected chi connectivity index (χ4v) is 9.47. The third kappa shape index (κ3) is 59.9. The highest BCUT2D eigenvalue weighted by Gasteiger charge is 2.20. The van der Waals surface area contributed by atoms with Crippen molar-refractivity contribution in [2.24, 2.45) is 0 Å². The lowest BCUT2D eigenvalue weighted by molar-refractivity contribution is -0.123. The number of hydrogen-bond acceptors (Lipinski definition) is 3. The normalized spacial score (nSPS) is 13.5. The van der Waals surface area contributed by atoms with Crippen molar-refractivity contribution in [1.82, 2.24) is 5.32 Å². The summed E-state index contributed by atoms with van der Waals surface area (Å²) in [6.07, 6.45) is 96.7. The Hall–Kier alpha value is -2.95. The Kier molecular flexibility index (Phi) is 61.8. The molecule has 2 atom stereocenters. The van der Waals surface area contributed by atoms with E-state index >= 15 is 0 Å². The SMILES string of the molecule is CC/C=C\C/C=C\C/C=C\C/C=C\C/C=C\C/C=C\C/C=C\C/C=C\C/C=C\CCCCCCCC(=O)NC(CO)C(O)CCCCCCCCCCCCCCCCCCCCCCCCCCCCCCC. The highest BCUT2D eigenvalue weighted by molar-refractivity contribution is 5.76. The second-order valence-corrected chi connectivity index (χ2v) is 21.5. The van der Waals surface area contributed by atoms with Gasteiger partial charge < -0.3 is 15.5 Å². The zero-order valence-electron chi connectivity index (χ0n) is 49.1. The van der Waals surface area contributed by atoms with Gasteiger partial charge >= 0.3 is 0 Å². The van der Waals surface area contributed by atoms with Crippen molar-refractivity contribution in [2.45, 2.75) is 321 Å². The highest BCUT2D eigenvalue weighted by atomic mass is 16.3. The summed E-state index contributed by atoms with van der Waals surface area (Å²) in [5.41, 5.74) is 0. The van der Waals surface area contributed by atoms with Gasteiger partial charge in [0.1, 0.15) is 0 Å². The summed E-state index contributed by atoms with van der Waals surface area (Å²) < 4.78 is 0. The molecule has 4 heteroatoms. The maximum absolute atomic E-state index is 12.5. The summed E-state index contributed by atoms with van der Waals surface area (Å²) in [6.45, 7) is 4.26. The van der Waals surface area contributed by atoms with Crippen molar-refractivity contribution in [3.63, 3.8) is 0 Å². The summed E-state index contributed by atoms with van der Waals surface area (Å²) in [4.78, 5) is 12.5. The Balaban J connectivity index is 3.56. The van der Waals surface area contributed by atoms with Crippen LogP contribution in [-0.4, -0.2) is 34.9 Å². The molecule has 3 N–H and O–H groups in total. The van der Waals surface area contributed by atoms with Gasteiger partial charge in [0.05, 0.1) is 18.8 Å². The van der Waals surface area contributed by atoms with E-state index in [0.29, 0.717) is 12.8 Å². The molecule has 0 spiro atoms. The first kappa shape index (κ1) is 71.0. The quantitative estimate of drug-likeness (QED) is 0.0420. The molecule has 426 valence electrons. The summed E-state index contributed by atoms with van der Waals surface area (Å²) in [7, 11) is 0. The first-order valence-electron chi connectivity index (χ1n) is 32.1. The number of allylic oxidation sites excluding steroid dienone is 18. The smallest absolute Gasteiger partial charge is 0.220 e. The molecule has 0 radical (unpaired) electrons. The summed E-state index contributed by atoms with van der Waals surface area (Å²) in [5.74, 6) is -0.0509. The van der Waals surface area contributed by atoms with Gasteiger partial charge in [0.25, 0.3) is 0 Å². The maximum atomic E-state index is 12.5. The summed E-state index contributed by atoms with van der Waals surface area (Å²) >= 11 is 0. The van der Waals surface area contributed by atoms with E-state index in [1.807, 2.05) is 0 Å². The summed E-state index contributed by atoms with van der Waals surface area (Å²) in [5, 5.41) is 23.4. The van der Waals surface area contributed by atoms with Crippen LogP contribution in [0.15, 0.2) is 109 Å². The molecule has 0 aromatic carbocycles. The molecular weight excluding hydrogens is 903 g/mol. The van der Waals surface area contributed by atoms with Gasteiger partial charge in [-0.3, -0.25) is 4.79 Å². The average Bonchev–Trinajstić information content (AvgIpc) is 3.40. The van der Waals surface area contributed by atoms with Crippen LogP contribution in [0, 0.1) is 0 Å². The molecule has 0 rings (SSSR count). The van der Waals surface area contributed by atoms with Crippen LogP contribution in [0.2, 0.25) is 0 Å². The lowest BCUT2D eigenvalue weighted by atomic mass is 10.0. The molecule has 0 aliphatic carbocycles. The number of rotatable bonds is 58. The lowest BCUT2D eigenvalue weighted by Gasteiger charge is -2.22. The molecule has 0 fully saturated rings. The van der Waals surface area contributed by atoms with Gasteiger partial charge in [-0.1, -0.05) is 329 Å². The van der Waals surface area contributed by atoms with E-state index in [9.17, 15) is 15.0 Å². The molecule has 0 aromatic heterocycles. The fraction of sp³-hybridized carbons (Fsp3) is 0.729. The van der Waals surface area contributed by atoms with Crippen LogP contribution in [0.25, 0.3) is 0 Å². The van der Waals surface area contributed by atoms with E-state index in [1.165, 1.54) is 186 Å². The molecule has 1 amide bonds. The zero-order chi connectivity index (χ0) is 53.4. The lowest BCUT2D eigenvalue weighted by Crippen LogP contribution is -2.45. The summed E-state index contributed by atoms with van der Waals surface area (Å²) in [6, 6.07) is -0.557. The first-order chi connectivity index (χ1) is 36.7. The van der Waals surface area contributed by atoms with Gasteiger partial charge in [-0.25, -0.2) is 0 Å². The van der Waals surface area contributed by atoms with Crippen molar-refractivity contribution < 1.29 is 15.0 Å². The van der Waals surface area contributed by atoms with Gasteiger partial charge in [0.2, 0.25) is 5.91 Å². The van der Waals surface area contributed by atoms with Crippen molar-refractivity contribution in [2.75, 3.05) is 6.61 Å². The van der Waals surface area contributed by atoms with Crippen molar-refractivity contribution >= 4 is 5.91 Å². The Morgan fingerprint density at radius 1 is 0.338 bits per heavy atom. The molecule has 0 aliphatic heterocycles. The monoisotopic (exact) mass is 1030 g/mol. The Labute approximate surface area is 461 Å². The largest absolute Gasteiger partial charge is 0.394 e. The van der Waals surface area contributed by atoms with Crippen molar-refractivity contribution in [3.8, 4) is 0 Å². The van der Waals surface area contributed by atoms with Gasteiger partial charge in [0, 0.05) is 6.42 Å². The highest BCUT2D eigenvalue weighted by Crippen LogP contribution is 2.18. The fourth-order valence-electron chi connectivity index (χ4n) is 9.47. The number of aliphatic hydroxyl groups is 2. The third-order valence-corrected chi connectivity index (χ3v) is 14.3. The molecule has 0 bridgehead atoms. The van der Waals surface area contributed by atoms with Gasteiger partial charge in [-0.15, -0.1) is 0 Å². The minimum absolute atomic E-state index is 0.0509. The number of unbranched alkanes of at least 4 members (excludes halogenated alkanes) is 33. The zero-order valence-corrected chi connectivity index (χ0v) is 49.1. The Morgan fingerprint density at radius 3 is 0.892 bits per heavy atom. The standard InChI is InChI=1S/C70H123NO3/c1-3-5-7-9-11-13-15-17-19-21-23-25-27-29-31-33-34-35-36-38-40-42-44-46-48-50-52-54-56-58-60-62-64-66-70(74)71-68(67-72)69(73)65-63-61-59-57-55-53-51-49-47-45-43-41-39-37-32-30-28-26-24-22-20-18-16-14-12-10-8-6-4-2/h5,7,11,13,17,19,23,25,29,31,34-35,38,40,44,46,50,52,68-69,72-73H,3-4,6,8-10,12,14-16,18,20-22,24,26-28,30,32-33,36-37,39,41-43,45,47-49,51,53-67H2,1-2H3,(H,71,74)/b7-5-,13-11-,19-17-,25-23-,31-29-,35-34-,40-38-,46-44-,52-50-. The molecule has 0 aromatic rings. The van der Waals surface area contributed by atoms with Crippen LogP contribution in [0.5, 0.6) is 0 Å². The first-order valence-corrected chi connectivity index (χ1v) is 32.1. The Morgan fingerprint density at radius 2 is 0.595 bits per heavy atom. The van der Waals surface area contributed by atoms with E-state index in [0.717, 1.165) is 96.3 Å².